The quantitative estimate of drug-likeness (QED) is 0.873. The predicted octanol–water partition coefficient (Wildman–Crippen LogP) is 2.22. The average Bonchev–Trinajstić information content (AvgIpc) is 2.55. The van der Waals surface area contributed by atoms with Crippen molar-refractivity contribution in [2.45, 2.75) is 25.9 Å². The van der Waals surface area contributed by atoms with Gasteiger partial charge in [-0.15, -0.1) is 0 Å². The predicted molar refractivity (Wildman–Crippen MR) is 84.0 cm³/mol. The number of hydrogen-bond donors (Lipinski definition) is 1. The number of methoxy groups -OCH3 is 1. The Bertz CT molecular complexity index is 428. The Hall–Kier alpha value is -1.39. The van der Waals surface area contributed by atoms with Gasteiger partial charge in [-0.05, 0) is 37.4 Å². The molecule has 1 heterocycles. The lowest BCUT2D eigenvalue weighted by Gasteiger charge is -2.34. The molecule has 1 fully saturated rings. The highest BCUT2D eigenvalue weighted by Gasteiger charge is 2.28. The van der Waals surface area contributed by atoms with Gasteiger partial charge in [0, 0.05) is 20.2 Å². The van der Waals surface area contributed by atoms with E-state index in [0.717, 1.165) is 44.6 Å². The van der Waals surface area contributed by atoms with E-state index in [1.165, 1.54) is 0 Å². The molecule has 1 aromatic rings. The van der Waals surface area contributed by atoms with E-state index >= 15 is 0 Å². The number of likely N-dealkylation sites (tertiary alicyclic amines) is 1. The molecule has 1 aliphatic rings. The van der Waals surface area contributed by atoms with Crippen molar-refractivity contribution in [3.8, 4) is 0 Å². The number of hydrogen-bond acceptors (Lipinski definition) is 3. The van der Waals surface area contributed by atoms with Crippen LogP contribution in [-0.2, 0) is 9.53 Å². The fourth-order valence-corrected chi connectivity index (χ4v) is 2.88. The van der Waals surface area contributed by atoms with Crippen molar-refractivity contribution in [2.24, 2.45) is 5.92 Å². The van der Waals surface area contributed by atoms with Gasteiger partial charge in [0.05, 0.1) is 0 Å². The van der Waals surface area contributed by atoms with Gasteiger partial charge in [-0.1, -0.05) is 37.3 Å². The van der Waals surface area contributed by atoms with Crippen molar-refractivity contribution in [3.05, 3.63) is 35.9 Å². The van der Waals surface area contributed by atoms with Gasteiger partial charge in [0.15, 0.2) is 6.10 Å². The molecule has 1 unspecified atom stereocenters. The third kappa shape index (κ3) is 4.29. The fourth-order valence-electron chi connectivity index (χ4n) is 2.88. The van der Waals surface area contributed by atoms with Crippen LogP contribution in [0.3, 0.4) is 0 Å². The summed E-state index contributed by atoms with van der Waals surface area (Å²) in [7, 11) is 1.60. The summed E-state index contributed by atoms with van der Waals surface area (Å²) in [5, 5.41) is 3.39. The van der Waals surface area contributed by atoms with Gasteiger partial charge in [-0.2, -0.15) is 0 Å². The maximum absolute atomic E-state index is 12.6. The van der Waals surface area contributed by atoms with Crippen LogP contribution in [0.1, 0.15) is 31.4 Å². The van der Waals surface area contributed by atoms with Gasteiger partial charge in [0.25, 0.3) is 5.91 Å². The molecule has 1 amide bonds. The highest BCUT2D eigenvalue weighted by Crippen LogP contribution is 2.23. The molecule has 0 radical (unpaired) electrons. The molecule has 0 aliphatic carbocycles. The maximum Gasteiger partial charge on any atom is 0.256 e. The first-order valence-corrected chi connectivity index (χ1v) is 7.83. The molecule has 0 bridgehead atoms. The Balaban J connectivity index is 1.91. The molecule has 4 heteroatoms. The van der Waals surface area contributed by atoms with Crippen molar-refractivity contribution < 1.29 is 9.53 Å². The summed E-state index contributed by atoms with van der Waals surface area (Å²) in [6, 6.07) is 9.73. The zero-order valence-electron chi connectivity index (χ0n) is 13.0. The Labute approximate surface area is 127 Å². The molecule has 1 saturated heterocycles. The van der Waals surface area contributed by atoms with Crippen molar-refractivity contribution in [1.29, 1.82) is 0 Å². The average molecular weight is 290 g/mol. The van der Waals surface area contributed by atoms with E-state index in [1.807, 2.05) is 35.2 Å². The number of piperidine rings is 1. The molecule has 1 aromatic carbocycles. The van der Waals surface area contributed by atoms with Crippen molar-refractivity contribution in [3.63, 3.8) is 0 Å². The molecular formula is C17H26N2O2. The number of nitrogens with one attached hydrogen (secondary N) is 1. The topological polar surface area (TPSA) is 41.6 Å². The van der Waals surface area contributed by atoms with Crippen LogP contribution < -0.4 is 5.32 Å². The van der Waals surface area contributed by atoms with E-state index in [2.05, 4.69) is 12.2 Å². The second-order valence-electron chi connectivity index (χ2n) is 5.60. The Morgan fingerprint density at radius 2 is 2.00 bits per heavy atom. The number of ether oxygens (including phenoxy) is 1. The molecule has 1 atom stereocenters. The zero-order valence-corrected chi connectivity index (χ0v) is 13.0. The number of nitrogens with zero attached hydrogens (tertiary/aromatic N) is 1. The highest BCUT2D eigenvalue weighted by molar-refractivity contribution is 5.82. The lowest BCUT2D eigenvalue weighted by molar-refractivity contribution is -0.143. The van der Waals surface area contributed by atoms with Crippen LogP contribution >= 0.6 is 0 Å². The molecule has 116 valence electrons. The largest absolute Gasteiger partial charge is 0.367 e. The Morgan fingerprint density at radius 1 is 1.33 bits per heavy atom. The summed E-state index contributed by atoms with van der Waals surface area (Å²) in [6.45, 7) is 5.87. The second-order valence-corrected chi connectivity index (χ2v) is 5.60. The van der Waals surface area contributed by atoms with Crippen LogP contribution in [0.15, 0.2) is 30.3 Å². The van der Waals surface area contributed by atoms with Crippen LogP contribution in [-0.4, -0.2) is 44.1 Å². The maximum atomic E-state index is 12.6. The van der Waals surface area contributed by atoms with Crippen LogP contribution in [0.4, 0.5) is 0 Å². The molecule has 1 N–H and O–H groups in total. The number of benzene rings is 1. The highest BCUT2D eigenvalue weighted by atomic mass is 16.5. The second kappa shape index (κ2) is 8.15. The van der Waals surface area contributed by atoms with Gasteiger partial charge in [-0.25, -0.2) is 0 Å². The van der Waals surface area contributed by atoms with Crippen LogP contribution in [0.5, 0.6) is 0 Å². The van der Waals surface area contributed by atoms with Gasteiger partial charge in [0.2, 0.25) is 0 Å². The molecular weight excluding hydrogens is 264 g/mol. The number of carbonyl (C=O) groups excluding carboxylic acids is 1. The third-order valence-corrected chi connectivity index (χ3v) is 4.17. The van der Waals surface area contributed by atoms with Crippen molar-refractivity contribution in [1.82, 2.24) is 10.2 Å². The lowest BCUT2D eigenvalue weighted by Crippen LogP contribution is -2.43. The summed E-state index contributed by atoms with van der Waals surface area (Å²) < 4.78 is 5.44. The van der Waals surface area contributed by atoms with Crippen molar-refractivity contribution in [2.75, 3.05) is 33.3 Å². The number of carbonyl (C=O) groups is 1. The SMILES string of the molecule is CCNCC1CCN(C(=O)C(OC)c2ccccc2)CC1. The van der Waals surface area contributed by atoms with E-state index in [4.69, 9.17) is 4.74 Å². The summed E-state index contributed by atoms with van der Waals surface area (Å²) in [6.07, 6.45) is 1.67. The standard InChI is InChI=1S/C17H26N2O2/c1-3-18-13-14-9-11-19(12-10-14)17(20)16(21-2)15-7-5-4-6-8-15/h4-8,14,16,18H,3,9-13H2,1-2H3. The minimum Gasteiger partial charge on any atom is -0.367 e. The Kier molecular flexibility index (Phi) is 6.21. The smallest absolute Gasteiger partial charge is 0.256 e. The molecule has 0 spiro atoms. The normalized spacial score (nSPS) is 17.7. The van der Waals surface area contributed by atoms with Crippen molar-refractivity contribution >= 4 is 5.91 Å². The summed E-state index contributed by atoms with van der Waals surface area (Å²) in [5.41, 5.74) is 0.930. The monoisotopic (exact) mass is 290 g/mol. The molecule has 21 heavy (non-hydrogen) atoms. The van der Waals surface area contributed by atoms with E-state index in [9.17, 15) is 4.79 Å². The minimum atomic E-state index is -0.475. The van der Waals surface area contributed by atoms with Crippen LogP contribution in [0.2, 0.25) is 0 Å². The van der Waals surface area contributed by atoms with Crippen LogP contribution in [0.25, 0.3) is 0 Å². The molecule has 0 saturated carbocycles. The summed E-state index contributed by atoms with van der Waals surface area (Å²) >= 11 is 0. The van der Waals surface area contributed by atoms with Gasteiger partial charge in [-0.3, -0.25) is 4.79 Å². The molecule has 0 aromatic heterocycles. The summed E-state index contributed by atoms with van der Waals surface area (Å²) in [5.74, 6) is 0.775. The first-order chi connectivity index (χ1) is 10.3. The Morgan fingerprint density at radius 3 is 2.57 bits per heavy atom. The van der Waals surface area contributed by atoms with Gasteiger partial charge in [0.1, 0.15) is 0 Å². The molecule has 1 aliphatic heterocycles. The third-order valence-electron chi connectivity index (χ3n) is 4.17. The van der Waals surface area contributed by atoms with E-state index < -0.39 is 6.10 Å². The van der Waals surface area contributed by atoms with E-state index in [1.54, 1.807) is 7.11 Å². The first-order valence-electron chi connectivity index (χ1n) is 7.83. The van der Waals surface area contributed by atoms with E-state index in [-0.39, 0.29) is 5.91 Å². The molecule has 2 rings (SSSR count). The van der Waals surface area contributed by atoms with Gasteiger partial charge < -0.3 is 15.0 Å². The summed E-state index contributed by atoms with van der Waals surface area (Å²) in [4.78, 5) is 14.6. The number of rotatable bonds is 6. The molecule has 4 nitrogen and oxygen atoms in total. The number of amides is 1. The van der Waals surface area contributed by atoms with Gasteiger partial charge >= 0.3 is 0 Å². The minimum absolute atomic E-state index is 0.0885. The lowest BCUT2D eigenvalue weighted by atomic mass is 9.96. The fraction of sp³-hybridized carbons (Fsp3) is 0.588. The van der Waals surface area contributed by atoms with E-state index in [0.29, 0.717) is 5.92 Å². The van der Waals surface area contributed by atoms with Crippen LogP contribution in [0, 0.1) is 5.92 Å². The zero-order chi connectivity index (χ0) is 15.1. The first kappa shape index (κ1) is 16.0.